The van der Waals surface area contributed by atoms with Gasteiger partial charge < -0.3 is 9.13 Å². The molecule has 2 aromatic heterocycles. The first-order valence-corrected chi connectivity index (χ1v) is 21.7. The summed E-state index contributed by atoms with van der Waals surface area (Å²) in [5, 5.41) is 7.55. The molecule has 0 fully saturated rings. The first-order chi connectivity index (χ1) is 30.6. The summed E-state index contributed by atoms with van der Waals surface area (Å²) in [5.41, 5.74) is 17.0. The van der Waals surface area contributed by atoms with Crippen molar-refractivity contribution in [3.05, 3.63) is 223 Å². The molecule has 11 rings (SSSR count). The zero-order valence-corrected chi connectivity index (χ0v) is 35.3. The zero-order valence-electron chi connectivity index (χ0n) is 35.3. The molecule has 0 saturated heterocycles. The molecule has 9 aromatic carbocycles. The molecule has 2 nitrogen and oxygen atoms in total. The maximum Gasteiger partial charge on any atom is 0.0541 e. The van der Waals surface area contributed by atoms with Crippen LogP contribution in [0.3, 0.4) is 0 Å². The number of para-hydroxylation sites is 2. The highest BCUT2D eigenvalue weighted by Gasteiger charge is 2.18. The quantitative estimate of drug-likeness (QED) is 0.136. The van der Waals surface area contributed by atoms with Gasteiger partial charge in [-0.25, -0.2) is 0 Å². The summed E-state index contributed by atoms with van der Waals surface area (Å²) in [6.45, 7) is 6.62. The standard InChI is InChI=1S/C60H46N2/c1-4-5-8-19-46-39-52(49-22-13-14-24-51(49)60(46)42-17-9-6-10-18-42)41-26-31-48(32-27-41)62-58-33-28-43(40(2)3)36-54(58)55-38-45(30-35-59(55)62)44-29-34-57-53(37-44)50-23-15-16-25-56(50)61(57)47-20-11-7-12-21-47/h4-40H,1-3H3/b5-4-,19-8-. The molecule has 0 N–H and O–H groups in total. The molecule has 0 saturated carbocycles. The van der Waals surface area contributed by atoms with Crippen molar-refractivity contribution in [2.24, 2.45) is 0 Å². The van der Waals surface area contributed by atoms with E-state index < -0.39 is 0 Å². The van der Waals surface area contributed by atoms with E-state index in [-0.39, 0.29) is 0 Å². The van der Waals surface area contributed by atoms with Crippen LogP contribution in [0.1, 0.15) is 37.8 Å². The molecule has 0 bridgehead atoms. The molecule has 2 heterocycles. The van der Waals surface area contributed by atoms with Gasteiger partial charge in [0.15, 0.2) is 0 Å². The third-order valence-electron chi connectivity index (χ3n) is 12.6. The van der Waals surface area contributed by atoms with Crippen molar-refractivity contribution in [2.45, 2.75) is 26.7 Å². The van der Waals surface area contributed by atoms with Gasteiger partial charge in [-0.2, -0.15) is 0 Å². The number of fused-ring (bicyclic) bond motifs is 7. The van der Waals surface area contributed by atoms with Crippen LogP contribution in [-0.2, 0) is 0 Å². The van der Waals surface area contributed by atoms with Crippen LogP contribution in [0.5, 0.6) is 0 Å². The van der Waals surface area contributed by atoms with Crippen molar-refractivity contribution >= 4 is 60.5 Å². The van der Waals surface area contributed by atoms with Gasteiger partial charge in [-0.1, -0.05) is 159 Å². The van der Waals surface area contributed by atoms with Crippen LogP contribution in [0.25, 0.3) is 105 Å². The number of allylic oxidation sites excluding steroid dienone is 3. The molecule has 0 unspecified atom stereocenters. The lowest BCUT2D eigenvalue weighted by molar-refractivity contribution is 0.868. The van der Waals surface area contributed by atoms with Crippen molar-refractivity contribution in [3.8, 4) is 44.8 Å². The Morgan fingerprint density at radius 1 is 0.387 bits per heavy atom. The van der Waals surface area contributed by atoms with E-state index in [9.17, 15) is 0 Å². The fraction of sp³-hybridized carbons (Fsp3) is 0.0667. The molecular formula is C60H46N2. The van der Waals surface area contributed by atoms with Gasteiger partial charge in [0.2, 0.25) is 0 Å². The molecule has 0 aliphatic rings. The summed E-state index contributed by atoms with van der Waals surface area (Å²) >= 11 is 0. The van der Waals surface area contributed by atoms with Crippen LogP contribution >= 0.6 is 0 Å². The van der Waals surface area contributed by atoms with Gasteiger partial charge in [-0.15, -0.1) is 0 Å². The van der Waals surface area contributed by atoms with Crippen LogP contribution in [0.15, 0.2) is 212 Å². The minimum atomic E-state index is 0.422. The molecule has 0 aliphatic carbocycles. The minimum absolute atomic E-state index is 0.422. The van der Waals surface area contributed by atoms with E-state index in [1.54, 1.807) is 0 Å². The van der Waals surface area contributed by atoms with Gasteiger partial charge in [0.05, 0.1) is 22.1 Å². The molecular weight excluding hydrogens is 749 g/mol. The largest absolute Gasteiger partial charge is 0.309 e. The fourth-order valence-corrected chi connectivity index (χ4v) is 9.62. The Kier molecular flexibility index (Phi) is 9.28. The van der Waals surface area contributed by atoms with E-state index in [2.05, 4.69) is 248 Å². The van der Waals surface area contributed by atoms with E-state index >= 15 is 0 Å². The minimum Gasteiger partial charge on any atom is -0.309 e. The lowest BCUT2D eigenvalue weighted by Crippen LogP contribution is -1.95. The average Bonchev–Trinajstić information content (AvgIpc) is 3.83. The van der Waals surface area contributed by atoms with Crippen LogP contribution in [0, 0.1) is 0 Å². The van der Waals surface area contributed by atoms with Gasteiger partial charge in [0.25, 0.3) is 0 Å². The van der Waals surface area contributed by atoms with Crippen molar-refractivity contribution < 1.29 is 0 Å². The summed E-state index contributed by atoms with van der Waals surface area (Å²) in [6, 6.07) is 71.7. The van der Waals surface area contributed by atoms with Gasteiger partial charge >= 0.3 is 0 Å². The Balaban J connectivity index is 1.05. The number of hydrogen-bond donors (Lipinski definition) is 0. The van der Waals surface area contributed by atoms with Crippen molar-refractivity contribution in [1.29, 1.82) is 0 Å². The van der Waals surface area contributed by atoms with Crippen molar-refractivity contribution in [2.75, 3.05) is 0 Å². The number of hydrogen-bond acceptors (Lipinski definition) is 0. The van der Waals surface area contributed by atoms with E-state index in [1.165, 1.54) is 105 Å². The summed E-state index contributed by atoms with van der Waals surface area (Å²) in [7, 11) is 0. The lowest BCUT2D eigenvalue weighted by Gasteiger charge is -2.16. The second kappa shape index (κ2) is 15.4. The summed E-state index contributed by atoms with van der Waals surface area (Å²) < 4.78 is 4.83. The SMILES string of the molecule is C/C=C\C=C/c1cc(-c2ccc(-n3c4ccc(-c5ccc6c(c5)c5ccccc5n6-c5ccccc5)cc4c4cc(C(C)C)ccc43)cc2)c2ccccc2c1-c1ccccc1. The number of benzene rings is 9. The molecule has 2 heteroatoms. The van der Waals surface area contributed by atoms with E-state index in [0.717, 1.165) is 5.69 Å². The Morgan fingerprint density at radius 2 is 0.903 bits per heavy atom. The van der Waals surface area contributed by atoms with E-state index in [1.807, 2.05) is 0 Å². The summed E-state index contributed by atoms with van der Waals surface area (Å²) in [6.07, 6.45) is 8.56. The second-order valence-corrected chi connectivity index (χ2v) is 16.7. The number of nitrogens with zero attached hydrogens (tertiary/aromatic N) is 2. The molecule has 0 aliphatic heterocycles. The lowest BCUT2D eigenvalue weighted by atomic mass is 9.88. The zero-order chi connectivity index (χ0) is 41.7. The normalized spacial score (nSPS) is 12.1. The first-order valence-electron chi connectivity index (χ1n) is 21.7. The summed E-state index contributed by atoms with van der Waals surface area (Å²) in [5.74, 6) is 0.422. The highest BCUT2D eigenvalue weighted by Crippen LogP contribution is 2.42. The smallest absolute Gasteiger partial charge is 0.0541 e. The molecule has 0 amide bonds. The topological polar surface area (TPSA) is 9.86 Å². The third-order valence-corrected chi connectivity index (χ3v) is 12.6. The van der Waals surface area contributed by atoms with Crippen molar-refractivity contribution in [3.63, 3.8) is 0 Å². The maximum atomic E-state index is 2.45. The van der Waals surface area contributed by atoms with Gasteiger partial charge in [-0.3, -0.25) is 0 Å². The van der Waals surface area contributed by atoms with Crippen LogP contribution < -0.4 is 0 Å². The predicted molar refractivity (Wildman–Crippen MR) is 267 cm³/mol. The molecule has 0 radical (unpaired) electrons. The monoisotopic (exact) mass is 794 g/mol. The predicted octanol–water partition coefficient (Wildman–Crippen LogP) is 16.7. The molecule has 296 valence electrons. The van der Waals surface area contributed by atoms with Crippen LogP contribution in [-0.4, -0.2) is 9.13 Å². The fourth-order valence-electron chi connectivity index (χ4n) is 9.62. The Hall–Kier alpha value is -7.68. The molecule has 11 aromatic rings. The Labute approximate surface area is 363 Å². The summed E-state index contributed by atoms with van der Waals surface area (Å²) in [4.78, 5) is 0. The van der Waals surface area contributed by atoms with E-state index in [4.69, 9.17) is 0 Å². The molecule has 62 heavy (non-hydrogen) atoms. The van der Waals surface area contributed by atoms with Crippen LogP contribution in [0.4, 0.5) is 0 Å². The maximum absolute atomic E-state index is 2.45. The van der Waals surface area contributed by atoms with Gasteiger partial charge in [0, 0.05) is 32.9 Å². The van der Waals surface area contributed by atoms with E-state index in [0.29, 0.717) is 5.92 Å². The van der Waals surface area contributed by atoms with Gasteiger partial charge in [0.1, 0.15) is 0 Å². The molecule has 0 atom stereocenters. The average molecular weight is 795 g/mol. The highest BCUT2D eigenvalue weighted by atomic mass is 15.0. The number of aromatic nitrogens is 2. The van der Waals surface area contributed by atoms with Gasteiger partial charge in [-0.05, 0) is 141 Å². The van der Waals surface area contributed by atoms with Crippen LogP contribution in [0.2, 0.25) is 0 Å². The van der Waals surface area contributed by atoms with Crippen molar-refractivity contribution in [1.82, 2.24) is 9.13 Å². The Bertz CT molecular complexity index is 3520. The first kappa shape index (κ1) is 37.3. The molecule has 0 spiro atoms. The number of rotatable bonds is 8. The highest BCUT2D eigenvalue weighted by molar-refractivity contribution is 6.13. The Morgan fingerprint density at radius 3 is 1.56 bits per heavy atom. The third kappa shape index (κ3) is 6.26. The second-order valence-electron chi connectivity index (χ2n) is 16.7.